The fourth-order valence-electron chi connectivity index (χ4n) is 0.829. The van der Waals surface area contributed by atoms with Gasteiger partial charge >= 0.3 is 0 Å². The predicted octanol–water partition coefficient (Wildman–Crippen LogP) is -1.61. The van der Waals surface area contributed by atoms with Crippen LogP contribution in [-0.2, 0) is 9.59 Å². The number of nitrogens with one attached hydrogen (secondary N) is 1. The molecule has 0 rings (SSSR count). The summed E-state index contributed by atoms with van der Waals surface area (Å²) < 4.78 is 0. The van der Waals surface area contributed by atoms with Gasteiger partial charge in [0.15, 0.2) is 0 Å². The third kappa shape index (κ3) is 4.80. The fourth-order valence-corrected chi connectivity index (χ4v) is 1.09. The first-order valence-corrected chi connectivity index (χ1v) is 4.85. The van der Waals surface area contributed by atoms with Crippen molar-refractivity contribution in [1.82, 2.24) is 10.2 Å². The van der Waals surface area contributed by atoms with Gasteiger partial charge in [0, 0.05) is 26.3 Å². The summed E-state index contributed by atoms with van der Waals surface area (Å²) in [5.74, 6) is -0.265. The highest BCUT2D eigenvalue weighted by Gasteiger charge is 2.13. The molecule has 0 saturated heterocycles. The van der Waals surface area contributed by atoms with E-state index in [1.54, 1.807) is 0 Å². The predicted molar refractivity (Wildman–Crippen MR) is 54.3 cm³/mol. The number of nitrogens with two attached hydrogens (primary N) is 1. The van der Waals surface area contributed by atoms with E-state index in [0.29, 0.717) is 19.3 Å². The number of hydrogen-bond acceptors (Lipinski definition) is 3. The summed E-state index contributed by atoms with van der Waals surface area (Å²) in [6.07, 6.45) is 0.316. The van der Waals surface area contributed by atoms with Crippen molar-refractivity contribution in [3.05, 3.63) is 0 Å². The molecule has 13 heavy (non-hydrogen) atoms. The first-order valence-electron chi connectivity index (χ1n) is 4.04. The van der Waals surface area contributed by atoms with Crippen molar-refractivity contribution >= 4 is 21.1 Å². The zero-order chi connectivity index (χ0) is 10.3. The average molecular weight is 205 g/mol. The number of hydrogen-bond donors (Lipinski definition) is 2. The van der Waals surface area contributed by atoms with Gasteiger partial charge in [0.2, 0.25) is 11.8 Å². The number of carbonyl (C=O) groups is 2. The Bertz CT molecular complexity index is 187. The first-order chi connectivity index (χ1) is 6.15. The Kier molecular flexibility index (Phi) is 6.45. The molecule has 0 spiro atoms. The molecule has 0 heterocycles. The molecule has 0 aromatic rings. The quantitative estimate of drug-likeness (QED) is 0.530. The van der Waals surface area contributed by atoms with Crippen LogP contribution in [0.1, 0.15) is 0 Å². The highest BCUT2D eigenvalue weighted by atomic mass is 31.0. The summed E-state index contributed by atoms with van der Waals surface area (Å²) in [4.78, 5) is 23.6. The highest BCUT2D eigenvalue weighted by Crippen LogP contribution is 1.92. The van der Waals surface area contributed by atoms with Crippen LogP contribution < -0.4 is 11.1 Å². The van der Waals surface area contributed by atoms with E-state index < -0.39 is 0 Å². The van der Waals surface area contributed by atoms with Gasteiger partial charge in [0.1, 0.15) is 0 Å². The van der Waals surface area contributed by atoms with E-state index in [2.05, 4.69) is 14.6 Å². The van der Waals surface area contributed by atoms with Gasteiger partial charge in [-0.05, 0) is 0 Å². The Morgan fingerprint density at radius 3 is 2.54 bits per heavy atom. The molecule has 6 heteroatoms. The lowest BCUT2D eigenvalue weighted by atomic mass is 10.4. The van der Waals surface area contributed by atoms with Crippen LogP contribution in [-0.4, -0.2) is 49.6 Å². The second kappa shape index (κ2) is 6.80. The molecule has 2 amide bonds. The maximum atomic E-state index is 11.2. The van der Waals surface area contributed by atoms with Crippen molar-refractivity contribution in [1.29, 1.82) is 0 Å². The van der Waals surface area contributed by atoms with Crippen LogP contribution in [0.15, 0.2) is 0 Å². The van der Waals surface area contributed by atoms with Crippen LogP contribution in [0.2, 0.25) is 0 Å². The zero-order valence-electron chi connectivity index (χ0n) is 7.75. The number of likely N-dealkylation sites (N-methyl/N-ethyl adjacent to an activating group) is 1. The van der Waals surface area contributed by atoms with Crippen molar-refractivity contribution in [3.8, 4) is 0 Å². The molecule has 0 aliphatic heterocycles. The van der Waals surface area contributed by atoms with Gasteiger partial charge in [-0.3, -0.25) is 9.59 Å². The molecular weight excluding hydrogens is 189 g/mol. The van der Waals surface area contributed by atoms with E-state index in [4.69, 9.17) is 5.73 Å². The van der Waals surface area contributed by atoms with Crippen LogP contribution in [0.3, 0.4) is 0 Å². The molecule has 3 N–H and O–H groups in total. The second-order valence-electron chi connectivity index (χ2n) is 2.48. The molecule has 0 radical (unpaired) electrons. The summed E-state index contributed by atoms with van der Waals surface area (Å²) in [5, 5.41) is 2.45. The number of nitrogens with zero attached hydrogens (tertiary/aromatic N) is 1. The van der Waals surface area contributed by atoms with Gasteiger partial charge in [-0.15, -0.1) is 9.24 Å². The second-order valence-corrected chi connectivity index (χ2v) is 2.89. The molecule has 76 valence electrons. The molecule has 0 aromatic heterocycles. The molecule has 1 unspecified atom stereocenters. The SMILES string of the molecule is CNC(=O)CN(CCN)C(=O)CP. The fraction of sp³-hybridized carbons (Fsp3) is 0.714. The monoisotopic (exact) mass is 205 g/mol. The van der Waals surface area contributed by atoms with E-state index in [1.165, 1.54) is 11.9 Å². The van der Waals surface area contributed by atoms with Gasteiger partial charge in [0.05, 0.1) is 6.54 Å². The van der Waals surface area contributed by atoms with E-state index in [-0.39, 0.29) is 18.4 Å². The smallest absolute Gasteiger partial charge is 0.239 e. The molecule has 5 nitrogen and oxygen atoms in total. The van der Waals surface area contributed by atoms with E-state index in [1.807, 2.05) is 0 Å². The van der Waals surface area contributed by atoms with Crippen LogP contribution in [0.25, 0.3) is 0 Å². The lowest BCUT2D eigenvalue weighted by molar-refractivity contribution is -0.133. The Morgan fingerprint density at radius 1 is 1.54 bits per heavy atom. The lowest BCUT2D eigenvalue weighted by Crippen LogP contribution is -2.42. The van der Waals surface area contributed by atoms with Crippen molar-refractivity contribution in [2.45, 2.75) is 0 Å². The third-order valence-electron chi connectivity index (χ3n) is 1.54. The maximum Gasteiger partial charge on any atom is 0.239 e. The Morgan fingerprint density at radius 2 is 2.15 bits per heavy atom. The first kappa shape index (κ1) is 12.3. The van der Waals surface area contributed by atoms with Crippen LogP contribution in [0.4, 0.5) is 0 Å². The van der Waals surface area contributed by atoms with E-state index in [0.717, 1.165) is 0 Å². The van der Waals surface area contributed by atoms with Crippen molar-refractivity contribution in [2.75, 3.05) is 32.8 Å². The van der Waals surface area contributed by atoms with Gasteiger partial charge in [-0.2, -0.15) is 0 Å². The van der Waals surface area contributed by atoms with E-state index in [9.17, 15) is 9.59 Å². The number of rotatable bonds is 5. The molecular formula is C7H16N3O2P. The van der Waals surface area contributed by atoms with Gasteiger partial charge in [0.25, 0.3) is 0 Å². The molecule has 0 aromatic carbocycles. The Hall–Kier alpha value is -0.670. The number of carbonyl (C=O) groups excluding carboxylic acids is 2. The van der Waals surface area contributed by atoms with Crippen molar-refractivity contribution < 1.29 is 9.59 Å². The highest BCUT2D eigenvalue weighted by molar-refractivity contribution is 7.18. The Labute approximate surface area is 80.2 Å². The topological polar surface area (TPSA) is 75.4 Å². The molecule has 0 aliphatic carbocycles. The molecule has 0 fully saturated rings. The lowest BCUT2D eigenvalue weighted by Gasteiger charge is -2.19. The normalized spacial score (nSPS) is 9.46. The van der Waals surface area contributed by atoms with Gasteiger partial charge < -0.3 is 16.0 Å². The van der Waals surface area contributed by atoms with Crippen molar-refractivity contribution in [2.24, 2.45) is 5.73 Å². The average Bonchev–Trinajstić information content (AvgIpc) is 2.15. The summed E-state index contributed by atoms with van der Waals surface area (Å²) in [6, 6.07) is 0. The Balaban J connectivity index is 4.08. The van der Waals surface area contributed by atoms with Gasteiger partial charge in [-0.1, -0.05) is 0 Å². The minimum absolute atomic E-state index is 0.0842. The molecule has 0 aliphatic rings. The minimum Gasteiger partial charge on any atom is -0.358 e. The van der Waals surface area contributed by atoms with Crippen LogP contribution in [0, 0.1) is 0 Å². The molecule has 1 atom stereocenters. The maximum absolute atomic E-state index is 11.2. The molecule has 0 saturated carbocycles. The van der Waals surface area contributed by atoms with Crippen LogP contribution >= 0.6 is 9.24 Å². The molecule has 0 bridgehead atoms. The van der Waals surface area contributed by atoms with Gasteiger partial charge in [-0.25, -0.2) is 0 Å². The summed E-state index contributed by atoms with van der Waals surface area (Å²) in [7, 11) is 3.86. The van der Waals surface area contributed by atoms with Crippen molar-refractivity contribution in [3.63, 3.8) is 0 Å². The van der Waals surface area contributed by atoms with E-state index >= 15 is 0 Å². The summed E-state index contributed by atoms with van der Waals surface area (Å²) in [5.41, 5.74) is 5.31. The number of amides is 2. The summed E-state index contributed by atoms with van der Waals surface area (Å²) in [6.45, 7) is 0.870. The standard InChI is InChI=1S/C7H16N3O2P/c1-9-6(11)4-10(3-2-8)7(12)5-13/h2-5,8,13H2,1H3,(H,9,11). The zero-order valence-corrected chi connectivity index (χ0v) is 8.90. The largest absolute Gasteiger partial charge is 0.358 e. The minimum atomic E-state index is -0.180. The third-order valence-corrected chi connectivity index (χ3v) is 1.89. The van der Waals surface area contributed by atoms with Crippen LogP contribution in [0.5, 0.6) is 0 Å². The summed E-state index contributed by atoms with van der Waals surface area (Å²) >= 11 is 0.